The lowest BCUT2D eigenvalue weighted by Crippen LogP contribution is -2.51. The second-order valence-electron chi connectivity index (χ2n) is 6.12. The Morgan fingerprint density at radius 2 is 2.00 bits per heavy atom. The Kier molecular flexibility index (Phi) is 6.14. The summed E-state index contributed by atoms with van der Waals surface area (Å²) < 4.78 is 5.11. The van der Waals surface area contributed by atoms with Gasteiger partial charge in [0, 0.05) is 20.0 Å². The number of likely N-dealkylation sites (N-methyl/N-ethyl adjacent to an activating group) is 1. The molecule has 1 unspecified atom stereocenters. The van der Waals surface area contributed by atoms with E-state index in [-0.39, 0.29) is 17.9 Å². The van der Waals surface area contributed by atoms with Crippen molar-refractivity contribution in [2.75, 3.05) is 20.1 Å². The Balaban J connectivity index is 2.16. The highest BCUT2D eigenvalue weighted by Gasteiger charge is 2.30. The van der Waals surface area contributed by atoms with Crippen LogP contribution in [0.5, 0.6) is 0 Å². The highest BCUT2D eigenvalue weighted by Crippen LogP contribution is 2.11. The number of nitrogens with zero attached hydrogens (tertiary/aromatic N) is 1. The number of hydrogen-bond donors (Lipinski definition) is 2. The number of alkyl carbamates (subject to hydrolysis) is 1. The third kappa shape index (κ3) is 6.12. The van der Waals surface area contributed by atoms with Crippen LogP contribution in [-0.4, -0.2) is 54.6 Å². The minimum Gasteiger partial charge on any atom is -0.444 e. The van der Waals surface area contributed by atoms with E-state index in [2.05, 4.69) is 10.6 Å². The first-order valence-electron chi connectivity index (χ1n) is 7.21. The van der Waals surface area contributed by atoms with Gasteiger partial charge in [0.2, 0.25) is 11.8 Å². The molecule has 0 radical (unpaired) electrons. The molecule has 1 aliphatic heterocycles. The molecule has 7 heteroatoms. The molecule has 0 spiro atoms. The molecular weight excluding hydrogens is 274 g/mol. The van der Waals surface area contributed by atoms with Gasteiger partial charge in [0.15, 0.2) is 0 Å². The predicted octanol–water partition coefficient (Wildman–Crippen LogP) is 0.638. The Morgan fingerprint density at radius 1 is 1.33 bits per heavy atom. The Morgan fingerprint density at radius 3 is 2.62 bits per heavy atom. The van der Waals surface area contributed by atoms with E-state index in [0.717, 1.165) is 0 Å². The number of imide groups is 1. The molecule has 120 valence electrons. The predicted molar refractivity (Wildman–Crippen MR) is 77.7 cm³/mol. The molecule has 3 amide bonds. The zero-order valence-corrected chi connectivity index (χ0v) is 13.2. The van der Waals surface area contributed by atoms with Crippen molar-refractivity contribution < 1.29 is 19.1 Å². The van der Waals surface area contributed by atoms with E-state index in [9.17, 15) is 14.4 Å². The zero-order chi connectivity index (χ0) is 16.0. The first-order valence-corrected chi connectivity index (χ1v) is 7.21. The Hall–Kier alpha value is -1.63. The second kappa shape index (κ2) is 7.40. The van der Waals surface area contributed by atoms with Crippen molar-refractivity contribution in [1.82, 2.24) is 15.5 Å². The fourth-order valence-electron chi connectivity index (χ4n) is 1.97. The van der Waals surface area contributed by atoms with Crippen molar-refractivity contribution in [3.63, 3.8) is 0 Å². The molecule has 7 nitrogen and oxygen atoms in total. The van der Waals surface area contributed by atoms with Crippen LogP contribution in [0.1, 0.15) is 40.0 Å². The fraction of sp³-hybridized carbons (Fsp3) is 0.786. The summed E-state index contributed by atoms with van der Waals surface area (Å²) in [6, 6.07) is -0.311. The van der Waals surface area contributed by atoms with Crippen LogP contribution >= 0.6 is 0 Å². The molecule has 1 fully saturated rings. The molecule has 21 heavy (non-hydrogen) atoms. The van der Waals surface area contributed by atoms with Crippen molar-refractivity contribution in [3.05, 3.63) is 0 Å². The molecule has 0 aromatic carbocycles. The minimum atomic E-state index is -0.506. The average molecular weight is 299 g/mol. The maximum absolute atomic E-state index is 11.8. The zero-order valence-electron chi connectivity index (χ0n) is 13.2. The molecule has 2 N–H and O–H groups in total. The Labute approximate surface area is 125 Å². The summed E-state index contributed by atoms with van der Waals surface area (Å²) in [6.07, 6.45) is 1.15. The van der Waals surface area contributed by atoms with Crippen molar-refractivity contribution in [1.29, 1.82) is 0 Å². The number of amides is 3. The van der Waals surface area contributed by atoms with Crippen LogP contribution in [0.2, 0.25) is 0 Å². The number of piperidine rings is 1. The molecule has 1 saturated heterocycles. The maximum Gasteiger partial charge on any atom is 0.407 e. The SMILES string of the molecule is CN1C(=O)CCC(NCCCNC(=O)OC(C)(C)C)C1=O. The van der Waals surface area contributed by atoms with Crippen LogP contribution in [0, 0.1) is 0 Å². The first-order chi connectivity index (χ1) is 9.70. The lowest BCUT2D eigenvalue weighted by atomic mass is 10.0. The maximum atomic E-state index is 11.8. The number of ether oxygens (including phenoxy) is 1. The number of hydrogen-bond acceptors (Lipinski definition) is 5. The number of carbonyl (C=O) groups excluding carboxylic acids is 3. The van der Waals surface area contributed by atoms with Crippen molar-refractivity contribution >= 4 is 17.9 Å². The van der Waals surface area contributed by atoms with Gasteiger partial charge in [-0.3, -0.25) is 14.5 Å². The second-order valence-corrected chi connectivity index (χ2v) is 6.12. The molecule has 1 rings (SSSR count). The Bertz CT molecular complexity index is 404. The van der Waals surface area contributed by atoms with Crippen LogP contribution < -0.4 is 10.6 Å². The number of nitrogens with one attached hydrogen (secondary N) is 2. The van der Waals surface area contributed by atoms with Crippen molar-refractivity contribution in [2.45, 2.75) is 51.7 Å². The third-order valence-electron chi connectivity index (χ3n) is 3.06. The summed E-state index contributed by atoms with van der Waals surface area (Å²) in [6.45, 7) is 6.48. The summed E-state index contributed by atoms with van der Waals surface area (Å²) in [5.41, 5.74) is -0.506. The van der Waals surface area contributed by atoms with Crippen LogP contribution in [0.25, 0.3) is 0 Å². The molecule has 1 atom stereocenters. The van der Waals surface area contributed by atoms with Gasteiger partial charge in [-0.25, -0.2) is 4.79 Å². The van der Waals surface area contributed by atoms with Gasteiger partial charge < -0.3 is 15.4 Å². The summed E-state index contributed by atoms with van der Waals surface area (Å²) in [5.74, 6) is -0.323. The molecule has 0 saturated carbocycles. The van der Waals surface area contributed by atoms with Gasteiger partial charge in [0.05, 0.1) is 6.04 Å². The van der Waals surface area contributed by atoms with E-state index >= 15 is 0 Å². The van der Waals surface area contributed by atoms with Crippen molar-refractivity contribution in [3.8, 4) is 0 Å². The quantitative estimate of drug-likeness (QED) is 0.574. The van der Waals surface area contributed by atoms with Gasteiger partial charge in [0.1, 0.15) is 5.60 Å². The number of likely N-dealkylation sites (tertiary alicyclic amines) is 1. The molecule has 0 aromatic heterocycles. The number of rotatable bonds is 5. The third-order valence-corrected chi connectivity index (χ3v) is 3.06. The van der Waals surface area contributed by atoms with Gasteiger partial charge in [-0.05, 0) is 40.2 Å². The minimum absolute atomic E-state index is 0.135. The summed E-state index contributed by atoms with van der Waals surface area (Å²) in [5, 5.41) is 5.76. The highest BCUT2D eigenvalue weighted by molar-refractivity contribution is 6.00. The first kappa shape index (κ1) is 17.4. The lowest BCUT2D eigenvalue weighted by molar-refractivity contribution is -0.148. The topological polar surface area (TPSA) is 87.7 Å². The van der Waals surface area contributed by atoms with E-state index in [4.69, 9.17) is 4.74 Å². The fourth-order valence-corrected chi connectivity index (χ4v) is 1.97. The standard InChI is InChI=1S/C14H25N3O4/c1-14(2,3)21-13(20)16-9-5-8-15-10-6-7-11(18)17(4)12(10)19/h10,15H,5-9H2,1-4H3,(H,16,20). The molecule has 0 aliphatic carbocycles. The van der Waals surface area contributed by atoms with Gasteiger partial charge in [-0.2, -0.15) is 0 Å². The monoisotopic (exact) mass is 299 g/mol. The van der Waals surface area contributed by atoms with Gasteiger partial charge in [-0.15, -0.1) is 0 Å². The summed E-state index contributed by atoms with van der Waals surface area (Å²) >= 11 is 0. The van der Waals surface area contributed by atoms with Gasteiger partial charge >= 0.3 is 6.09 Å². The van der Waals surface area contributed by atoms with Crippen LogP contribution in [0.15, 0.2) is 0 Å². The molecule has 0 bridgehead atoms. The van der Waals surface area contributed by atoms with Crippen LogP contribution in [0.3, 0.4) is 0 Å². The lowest BCUT2D eigenvalue weighted by Gasteiger charge is -2.28. The van der Waals surface area contributed by atoms with E-state index in [1.807, 2.05) is 0 Å². The average Bonchev–Trinajstić information content (AvgIpc) is 2.36. The summed E-state index contributed by atoms with van der Waals surface area (Å²) in [7, 11) is 1.50. The van der Waals surface area contributed by atoms with Crippen molar-refractivity contribution in [2.24, 2.45) is 0 Å². The normalized spacial score (nSPS) is 19.6. The molecule has 1 aliphatic rings. The van der Waals surface area contributed by atoms with Gasteiger partial charge in [-0.1, -0.05) is 0 Å². The van der Waals surface area contributed by atoms with Crippen LogP contribution in [-0.2, 0) is 14.3 Å². The highest BCUT2D eigenvalue weighted by atomic mass is 16.6. The van der Waals surface area contributed by atoms with E-state index in [1.165, 1.54) is 11.9 Å². The molecule has 0 aromatic rings. The molecular formula is C14H25N3O4. The molecule has 1 heterocycles. The van der Waals surface area contributed by atoms with Gasteiger partial charge in [0.25, 0.3) is 0 Å². The largest absolute Gasteiger partial charge is 0.444 e. The van der Waals surface area contributed by atoms with Crippen LogP contribution in [0.4, 0.5) is 4.79 Å². The van der Waals surface area contributed by atoms with E-state index in [0.29, 0.717) is 32.4 Å². The van der Waals surface area contributed by atoms with E-state index < -0.39 is 11.7 Å². The van der Waals surface area contributed by atoms with E-state index in [1.54, 1.807) is 20.8 Å². The smallest absolute Gasteiger partial charge is 0.407 e. The number of carbonyl (C=O) groups is 3. The summed E-state index contributed by atoms with van der Waals surface area (Å²) in [4.78, 5) is 35.7.